The summed E-state index contributed by atoms with van der Waals surface area (Å²) in [4.78, 5) is 0.249. The third kappa shape index (κ3) is 4.45. The van der Waals surface area contributed by atoms with Crippen LogP contribution in [0.15, 0.2) is 35.2 Å². The van der Waals surface area contributed by atoms with Crippen LogP contribution in [0.3, 0.4) is 0 Å². The molecule has 26 heavy (non-hydrogen) atoms. The molecule has 3 nitrogen and oxygen atoms in total. The van der Waals surface area contributed by atoms with Gasteiger partial charge in [-0.1, -0.05) is 24.3 Å². The summed E-state index contributed by atoms with van der Waals surface area (Å²) in [5.41, 5.74) is 2.81. The lowest BCUT2D eigenvalue weighted by atomic mass is 10.0. The molecule has 0 bridgehead atoms. The first kappa shape index (κ1) is 20.5. The maximum absolute atomic E-state index is 12.8. The van der Waals surface area contributed by atoms with Gasteiger partial charge in [-0.25, -0.2) is 13.1 Å². The number of sulfonamides is 1. The molecule has 142 valence electrons. The molecule has 0 aliphatic heterocycles. The Kier molecular flexibility index (Phi) is 5.82. The predicted molar refractivity (Wildman–Crippen MR) is 95.7 cm³/mol. The van der Waals surface area contributed by atoms with Crippen molar-refractivity contribution in [3.63, 3.8) is 0 Å². The molecule has 2 aromatic carbocycles. The molecule has 0 amide bonds. The molecular formula is C19H22F3NO2S. The molecule has 0 aliphatic rings. The summed E-state index contributed by atoms with van der Waals surface area (Å²) in [6, 6.07) is 6.85. The average molecular weight is 385 g/mol. The number of hydrogen-bond donors (Lipinski definition) is 1. The van der Waals surface area contributed by atoms with Gasteiger partial charge in [-0.3, -0.25) is 0 Å². The Hall–Kier alpha value is -1.86. The Morgan fingerprint density at radius 3 is 2.08 bits per heavy atom. The van der Waals surface area contributed by atoms with Gasteiger partial charge in [-0.15, -0.1) is 0 Å². The first-order valence-electron chi connectivity index (χ1n) is 8.16. The summed E-state index contributed by atoms with van der Waals surface area (Å²) < 4.78 is 66.2. The first-order valence-corrected chi connectivity index (χ1v) is 9.65. The minimum absolute atomic E-state index is 0.0233. The fourth-order valence-electron chi connectivity index (χ4n) is 2.89. The number of halogens is 3. The zero-order valence-electron chi connectivity index (χ0n) is 15.2. The molecule has 0 atom stereocenters. The van der Waals surface area contributed by atoms with E-state index in [1.165, 1.54) is 6.07 Å². The highest BCUT2D eigenvalue weighted by Crippen LogP contribution is 2.29. The van der Waals surface area contributed by atoms with E-state index < -0.39 is 21.8 Å². The van der Waals surface area contributed by atoms with Crippen LogP contribution in [0.2, 0.25) is 0 Å². The maximum Gasteiger partial charge on any atom is 0.416 e. The van der Waals surface area contributed by atoms with Crippen LogP contribution in [0.1, 0.15) is 33.4 Å². The van der Waals surface area contributed by atoms with Crippen molar-refractivity contribution in [1.29, 1.82) is 0 Å². The van der Waals surface area contributed by atoms with Crippen LogP contribution in [-0.4, -0.2) is 15.0 Å². The molecule has 7 heteroatoms. The van der Waals surface area contributed by atoms with Crippen LogP contribution in [0.25, 0.3) is 0 Å². The molecule has 0 unspecified atom stereocenters. The minimum Gasteiger partial charge on any atom is -0.211 e. The second-order valence-electron chi connectivity index (χ2n) is 6.44. The topological polar surface area (TPSA) is 46.2 Å². The predicted octanol–water partition coefficient (Wildman–Crippen LogP) is 4.46. The summed E-state index contributed by atoms with van der Waals surface area (Å²) in [5.74, 6) is 0. The fourth-order valence-corrected chi connectivity index (χ4v) is 4.53. The Morgan fingerprint density at radius 1 is 0.962 bits per heavy atom. The van der Waals surface area contributed by atoms with Crippen LogP contribution in [0.4, 0.5) is 13.2 Å². The lowest BCUT2D eigenvalue weighted by Gasteiger charge is -2.16. The SMILES string of the molecule is Cc1cc(C)c(C)c(S(=O)(=O)NCCc2cccc(C(F)(F)F)c2)c1C. The van der Waals surface area contributed by atoms with Crippen LogP contribution in [-0.2, 0) is 22.6 Å². The monoisotopic (exact) mass is 385 g/mol. The van der Waals surface area contributed by atoms with Crippen LogP contribution in [0.5, 0.6) is 0 Å². The van der Waals surface area contributed by atoms with Crippen molar-refractivity contribution in [2.75, 3.05) is 6.54 Å². The second-order valence-corrected chi connectivity index (χ2v) is 8.14. The summed E-state index contributed by atoms with van der Waals surface area (Å²) in [6.07, 6.45) is -4.24. The lowest BCUT2D eigenvalue weighted by Crippen LogP contribution is -2.28. The van der Waals surface area contributed by atoms with E-state index in [0.717, 1.165) is 23.3 Å². The molecule has 0 saturated carbocycles. The minimum atomic E-state index is -4.41. The zero-order valence-corrected chi connectivity index (χ0v) is 16.0. The Balaban J connectivity index is 2.18. The molecule has 0 spiro atoms. The standard InChI is InChI=1S/C19H22F3NO2S/c1-12-10-13(2)15(4)18(14(12)3)26(24,25)23-9-8-16-6-5-7-17(11-16)19(20,21)22/h5-7,10-11,23H,8-9H2,1-4H3. The van der Waals surface area contributed by atoms with Gasteiger partial charge in [0.05, 0.1) is 10.5 Å². The quantitative estimate of drug-likeness (QED) is 0.826. The number of benzene rings is 2. The van der Waals surface area contributed by atoms with Crippen molar-refractivity contribution in [3.8, 4) is 0 Å². The molecule has 0 radical (unpaired) electrons. The molecule has 1 N–H and O–H groups in total. The van der Waals surface area contributed by atoms with Crippen molar-refractivity contribution >= 4 is 10.0 Å². The number of hydrogen-bond acceptors (Lipinski definition) is 2. The van der Waals surface area contributed by atoms with Crippen molar-refractivity contribution < 1.29 is 21.6 Å². The van der Waals surface area contributed by atoms with E-state index in [1.807, 2.05) is 19.9 Å². The summed E-state index contributed by atoms with van der Waals surface area (Å²) in [5, 5.41) is 0. The van der Waals surface area contributed by atoms with E-state index in [2.05, 4.69) is 4.72 Å². The number of rotatable bonds is 5. The van der Waals surface area contributed by atoms with Crippen molar-refractivity contribution in [3.05, 3.63) is 63.7 Å². The van der Waals surface area contributed by atoms with Gasteiger partial charge in [0.15, 0.2) is 0 Å². The van der Waals surface area contributed by atoms with E-state index in [0.29, 0.717) is 16.7 Å². The highest BCUT2D eigenvalue weighted by atomic mass is 32.2. The molecular weight excluding hydrogens is 363 g/mol. The highest BCUT2D eigenvalue weighted by molar-refractivity contribution is 7.89. The molecule has 2 aromatic rings. The molecule has 2 rings (SSSR count). The van der Waals surface area contributed by atoms with Gasteiger partial charge in [0.25, 0.3) is 0 Å². The smallest absolute Gasteiger partial charge is 0.211 e. The molecule has 0 aliphatic carbocycles. The van der Waals surface area contributed by atoms with Gasteiger partial charge >= 0.3 is 6.18 Å². The van der Waals surface area contributed by atoms with E-state index >= 15 is 0 Å². The van der Waals surface area contributed by atoms with Gasteiger partial charge in [-0.05, 0) is 68.0 Å². The third-order valence-electron chi connectivity index (χ3n) is 4.53. The average Bonchev–Trinajstić information content (AvgIpc) is 2.52. The zero-order chi connectivity index (χ0) is 19.7. The summed E-state index contributed by atoms with van der Waals surface area (Å²) in [7, 11) is -3.75. The van der Waals surface area contributed by atoms with Gasteiger partial charge < -0.3 is 0 Å². The largest absolute Gasteiger partial charge is 0.416 e. The van der Waals surface area contributed by atoms with Gasteiger partial charge in [-0.2, -0.15) is 13.2 Å². The maximum atomic E-state index is 12.8. The van der Waals surface area contributed by atoms with E-state index in [9.17, 15) is 21.6 Å². The van der Waals surface area contributed by atoms with Gasteiger partial charge in [0.1, 0.15) is 0 Å². The Morgan fingerprint density at radius 2 is 1.54 bits per heavy atom. The molecule has 0 heterocycles. The third-order valence-corrected chi connectivity index (χ3v) is 6.26. The normalized spacial score (nSPS) is 12.4. The van der Waals surface area contributed by atoms with Crippen molar-refractivity contribution in [2.45, 2.75) is 45.2 Å². The number of alkyl halides is 3. The van der Waals surface area contributed by atoms with E-state index in [4.69, 9.17) is 0 Å². The van der Waals surface area contributed by atoms with Crippen molar-refractivity contribution in [1.82, 2.24) is 4.72 Å². The van der Waals surface area contributed by atoms with Gasteiger partial charge in [0.2, 0.25) is 10.0 Å². The Bertz CT molecular complexity index is 893. The molecule has 0 saturated heterocycles. The summed E-state index contributed by atoms with van der Waals surface area (Å²) >= 11 is 0. The highest BCUT2D eigenvalue weighted by Gasteiger charge is 2.30. The number of nitrogens with one attached hydrogen (secondary N) is 1. The van der Waals surface area contributed by atoms with Crippen LogP contribution in [0, 0.1) is 27.7 Å². The summed E-state index contributed by atoms with van der Waals surface area (Å²) in [6.45, 7) is 7.23. The Labute approximate surface area is 152 Å². The molecule has 0 aromatic heterocycles. The van der Waals surface area contributed by atoms with E-state index in [1.54, 1.807) is 19.9 Å². The lowest BCUT2D eigenvalue weighted by molar-refractivity contribution is -0.137. The molecule has 0 fully saturated rings. The number of aryl methyl sites for hydroxylation is 2. The van der Waals surface area contributed by atoms with Crippen LogP contribution < -0.4 is 4.72 Å². The first-order chi connectivity index (χ1) is 11.9. The van der Waals surface area contributed by atoms with Crippen molar-refractivity contribution in [2.24, 2.45) is 0 Å². The fraction of sp³-hybridized carbons (Fsp3) is 0.368. The van der Waals surface area contributed by atoms with Crippen LogP contribution >= 0.6 is 0 Å². The second kappa shape index (κ2) is 7.40. The van der Waals surface area contributed by atoms with E-state index in [-0.39, 0.29) is 17.9 Å². The van der Waals surface area contributed by atoms with Gasteiger partial charge in [0, 0.05) is 6.54 Å².